The molecule has 1 saturated carbocycles. The van der Waals surface area contributed by atoms with Crippen LogP contribution in [0.15, 0.2) is 12.2 Å². The highest BCUT2D eigenvalue weighted by atomic mass is 19.4. The van der Waals surface area contributed by atoms with Crippen LogP contribution in [-0.4, -0.2) is 53.7 Å². The number of hydrogen-bond donors (Lipinski definition) is 1. The molecule has 5 unspecified atom stereocenters. The van der Waals surface area contributed by atoms with Gasteiger partial charge in [-0.3, -0.25) is 4.79 Å². The Kier molecular flexibility index (Phi) is 5.87. The molecule has 2 rings (SSSR count). The molecule has 2 aliphatic carbocycles. The zero-order chi connectivity index (χ0) is 24.4. The first-order valence-electron chi connectivity index (χ1n) is 8.12. The van der Waals surface area contributed by atoms with Crippen LogP contribution < -0.4 is 0 Å². The molecule has 0 aromatic heterocycles. The molecule has 0 heterocycles. The van der Waals surface area contributed by atoms with Gasteiger partial charge in [-0.15, -0.1) is 0 Å². The minimum absolute atomic E-state index is 0.439. The van der Waals surface area contributed by atoms with Crippen molar-refractivity contribution in [1.82, 2.24) is 0 Å². The van der Waals surface area contributed by atoms with Crippen molar-refractivity contribution in [2.24, 2.45) is 17.3 Å². The molecule has 0 amide bonds. The molecule has 0 aromatic carbocycles. The van der Waals surface area contributed by atoms with Crippen molar-refractivity contribution in [3.63, 3.8) is 0 Å². The second-order valence-electron chi connectivity index (χ2n) is 7.18. The summed E-state index contributed by atoms with van der Waals surface area (Å²) in [5.41, 5.74) is -10.5. The van der Waals surface area contributed by atoms with Gasteiger partial charge in [-0.2, -0.15) is 48.3 Å². The van der Waals surface area contributed by atoms with Crippen LogP contribution in [0.1, 0.15) is 12.8 Å². The van der Waals surface area contributed by atoms with Crippen molar-refractivity contribution in [2.75, 3.05) is 0 Å². The molecule has 16 heteroatoms. The number of hydrogen-bond acceptors (Lipinski definition) is 3. The Morgan fingerprint density at radius 1 is 0.968 bits per heavy atom. The number of allylic oxidation sites excluding steroid dienone is 2. The van der Waals surface area contributed by atoms with E-state index in [2.05, 4.69) is 4.74 Å². The van der Waals surface area contributed by atoms with E-state index < -0.39 is 78.6 Å². The number of halogens is 13. The fourth-order valence-corrected chi connectivity index (χ4v) is 3.75. The summed E-state index contributed by atoms with van der Waals surface area (Å²) < 4.78 is 175. The average Bonchev–Trinajstić information content (AvgIpc) is 3.16. The summed E-state index contributed by atoms with van der Waals surface area (Å²) in [4.78, 5) is 12.1. The second kappa shape index (κ2) is 7.13. The van der Waals surface area contributed by atoms with Gasteiger partial charge in [0.1, 0.15) is 0 Å². The van der Waals surface area contributed by atoms with Gasteiger partial charge in [0.25, 0.3) is 18.1 Å². The van der Waals surface area contributed by atoms with E-state index in [0.717, 1.165) is 12.2 Å². The summed E-state index contributed by atoms with van der Waals surface area (Å²) >= 11 is 0. The molecule has 5 atom stereocenters. The molecule has 2 bridgehead atoms. The van der Waals surface area contributed by atoms with E-state index in [-0.39, 0.29) is 0 Å². The predicted octanol–water partition coefficient (Wildman–Crippen LogP) is 4.80. The van der Waals surface area contributed by atoms with Crippen LogP contribution in [-0.2, 0) is 9.53 Å². The summed E-state index contributed by atoms with van der Waals surface area (Å²) in [6, 6.07) is 0. The van der Waals surface area contributed by atoms with Crippen LogP contribution in [0, 0.1) is 17.3 Å². The summed E-state index contributed by atoms with van der Waals surface area (Å²) in [5, 5.41) is 8.84. The first kappa shape index (κ1) is 25.5. The molecular formula is C15H11F13O3. The van der Waals surface area contributed by atoms with Crippen molar-refractivity contribution in [3.8, 4) is 0 Å². The van der Waals surface area contributed by atoms with Crippen molar-refractivity contribution in [2.45, 2.75) is 55.4 Å². The third kappa shape index (κ3) is 3.63. The molecule has 3 nitrogen and oxygen atoms in total. The third-order valence-corrected chi connectivity index (χ3v) is 5.37. The Labute approximate surface area is 163 Å². The van der Waals surface area contributed by atoms with Gasteiger partial charge in [-0.25, -0.2) is 8.78 Å². The number of carbonyl (C=O) groups excluding carboxylic acids is 1. The third-order valence-electron chi connectivity index (χ3n) is 5.37. The SMILES string of the molecule is O=C(OC(C(F)(F)F)C(F)(F)C(O)(C(F)F)C(F)(F)F)C1(C(F)(F)F)CC2C=CC1C2. The quantitative estimate of drug-likeness (QED) is 0.345. The van der Waals surface area contributed by atoms with Crippen molar-refractivity contribution in [1.29, 1.82) is 0 Å². The van der Waals surface area contributed by atoms with Crippen LogP contribution in [0.2, 0.25) is 0 Å². The molecule has 31 heavy (non-hydrogen) atoms. The molecule has 180 valence electrons. The lowest BCUT2D eigenvalue weighted by Gasteiger charge is -2.42. The maximum atomic E-state index is 14.1. The monoisotopic (exact) mass is 486 g/mol. The molecule has 2 aliphatic rings. The summed E-state index contributed by atoms with van der Waals surface area (Å²) in [5.74, 6) is -12.9. The maximum Gasteiger partial charge on any atom is 0.431 e. The summed E-state index contributed by atoms with van der Waals surface area (Å²) in [7, 11) is 0. The number of carbonyl (C=O) groups is 1. The smallest absolute Gasteiger partial charge is 0.431 e. The summed E-state index contributed by atoms with van der Waals surface area (Å²) in [6.07, 6.45) is -30.4. The van der Waals surface area contributed by atoms with Gasteiger partial charge in [0.15, 0.2) is 5.41 Å². The highest BCUT2D eigenvalue weighted by Gasteiger charge is 2.82. The Morgan fingerprint density at radius 3 is 1.77 bits per heavy atom. The molecule has 0 spiro atoms. The van der Waals surface area contributed by atoms with Gasteiger partial charge in [-0.1, -0.05) is 12.2 Å². The van der Waals surface area contributed by atoms with Gasteiger partial charge >= 0.3 is 30.4 Å². The molecular weight excluding hydrogens is 475 g/mol. The number of esters is 1. The number of ether oxygens (including phenoxy) is 1. The zero-order valence-corrected chi connectivity index (χ0v) is 14.6. The molecule has 0 aliphatic heterocycles. The first-order chi connectivity index (χ1) is 13.6. The predicted molar refractivity (Wildman–Crippen MR) is 71.7 cm³/mol. The van der Waals surface area contributed by atoms with Crippen molar-refractivity contribution < 1.29 is 71.7 Å². The lowest BCUT2D eigenvalue weighted by Crippen LogP contribution is -2.70. The number of rotatable bonds is 5. The molecule has 0 saturated heterocycles. The number of fused-ring (bicyclic) bond motifs is 2. The molecule has 0 radical (unpaired) electrons. The Morgan fingerprint density at radius 2 is 1.48 bits per heavy atom. The van der Waals surface area contributed by atoms with E-state index in [1.165, 1.54) is 0 Å². The molecule has 1 N–H and O–H groups in total. The lowest BCUT2D eigenvalue weighted by atomic mass is 9.75. The van der Waals surface area contributed by atoms with Gasteiger partial charge in [0.05, 0.1) is 0 Å². The topological polar surface area (TPSA) is 46.5 Å². The Bertz CT molecular complexity index is 738. The van der Waals surface area contributed by atoms with Crippen LogP contribution in [0.25, 0.3) is 0 Å². The molecule has 0 aromatic rings. The van der Waals surface area contributed by atoms with E-state index in [4.69, 9.17) is 5.11 Å². The van der Waals surface area contributed by atoms with Gasteiger partial charge in [-0.05, 0) is 18.8 Å². The fraction of sp³-hybridized carbons (Fsp3) is 0.800. The van der Waals surface area contributed by atoms with E-state index >= 15 is 0 Å². The van der Waals surface area contributed by atoms with Crippen molar-refractivity contribution in [3.05, 3.63) is 12.2 Å². The van der Waals surface area contributed by atoms with E-state index in [0.29, 0.717) is 0 Å². The normalized spacial score (nSPS) is 29.9. The second-order valence-corrected chi connectivity index (χ2v) is 7.18. The largest absolute Gasteiger partial charge is 0.445 e. The van der Waals surface area contributed by atoms with Crippen LogP contribution in [0.4, 0.5) is 57.1 Å². The summed E-state index contributed by atoms with van der Waals surface area (Å²) in [6.45, 7) is 0. The lowest BCUT2D eigenvalue weighted by molar-refractivity contribution is -0.402. The fourth-order valence-electron chi connectivity index (χ4n) is 3.75. The van der Waals surface area contributed by atoms with Crippen LogP contribution in [0.5, 0.6) is 0 Å². The maximum absolute atomic E-state index is 14.1. The highest BCUT2D eigenvalue weighted by Crippen LogP contribution is 2.61. The van der Waals surface area contributed by atoms with E-state index in [9.17, 15) is 61.9 Å². The van der Waals surface area contributed by atoms with E-state index in [1.54, 1.807) is 0 Å². The average molecular weight is 486 g/mol. The minimum Gasteiger partial charge on any atom is -0.445 e. The van der Waals surface area contributed by atoms with Crippen LogP contribution >= 0.6 is 0 Å². The first-order valence-corrected chi connectivity index (χ1v) is 8.12. The van der Waals surface area contributed by atoms with Gasteiger partial charge in [0.2, 0.25) is 0 Å². The number of aliphatic hydroxyl groups is 1. The Balaban J connectivity index is 2.56. The standard InChI is InChI=1S/C15H11F13O3/c16-8(17)11(30,15(26,27)28)12(18,19)7(13(20,21)22)31-9(29)10(14(23,24)25)4-5-1-2-6(10)3-5/h1-2,5-8,30H,3-4H2. The van der Waals surface area contributed by atoms with Crippen LogP contribution in [0.3, 0.4) is 0 Å². The number of alkyl halides is 13. The van der Waals surface area contributed by atoms with Gasteiger partial charge < -0.3 is 9.84 Å². The Hall–Kier alpha value is -1.74. The molecule has 1 fully saturated rings. The highest BCUT2D eigenvalue weighted by molar-refractivity contribution is 5.80. The minimum atomic E-state index is -7.10. The van der Waals surface area contributed by atoms with Gasteiger partial charge in [0, 0.05) is 5.92 Å². The zero-order valence-electron chi connectivity index (χ0n) is 14.6. The van der Waals surface area contributed by atoms with E-state index in [1.807, 2.05) is 0 Å². The van der Waals surface area contributed by atoms with Crippen molar-refractivity contribution >= 4 is 5.97 Å².